The van der Waals surface area contributed by atoms with Gasteiger partial charge in [-0.3, -0.25) is 0 Å². The number of nitrogens with one attached hydrogen (secondary N) is 3. The van der Waals surface area contributed by atoms with Crippen molar-refractivity contribution in [3.05, 3.63) is 71.9 Å². The van der Waals surface area contributed by atoms with Gasteiger partial charge in [-0.25, -0.2) is 15.0 Å². The molecular weight excluding hydrogens is 388 g/mol. The number of aliphatic imine (C=N–C) groups is 1. The molecule has 0 atom stereocenters. The van der Waals surface area contributed by atoms with Crippen LogP contribution in [0.15, 0.2) is 64.2 Å². The molecule has 7 nitrogen and oxygen atoms in total. The molecule has 0 spiro atoms. The Morgan fingerprint density at radius 2 is 1.90 bits per heavy atom. The quantitative estimate of drug-likeness (QED) is 0.227. The van der Waals surface area contributed by atoms with Crippen LogP contribution in [0.2, 0.25) is 0 Å². The summed E-state index contributed by atoms with van der Waals surface area (Å²) in [4.78, 5) is 17.2. The summed E-state index contributed by atoms with van der Waals surface area (Å²) in [6.07, 6.45) is 3.50. The van der Waals surface area contributed by atoms with Crippen LogP contribution in [-0.2, 0) is 13.0 Å². The number of para-hydroxylation sites is 2. The normalized spacial score (nSPS) is 11.7. The number of guanidine groups is 1. The van der Waals surface area contributed by atoms with Crippen molar-refractivity contribution in [1.29, 1.82) is 0 Å². The van der Waals surface area contributed by atoms with E-state index in [-0.39, 0.29) is 0 Å². The third kappa shape index (κ3) is 5.51. The number of oxazole rings is 1. The molecule has 160 valence electrons. The van der Waals surface area contributed by atoms with Crippen molar-refractivity contribution in [3.8, 4) is 11.5 Å². The van der Waals surface area contributed by atoms with Gasteiger partial charge in [0.25, 0.3) is 0 Å². The predicted octanol–water partition coefficient (Wildman–Crippen LogP) is 4.21. The molecule has 0 aliphatic carbocycles. The molecule has 0 saturated carbocycles. The van der Waals surface area contributed by atoms with Crippen LogP contribution in [0.3, 0.4) is 0 Å². The van der Waals surface area contributed by atoms with Crippen molar-refractivity contribution >= 4 is 17.0 Å². The molecule has 0 fully saturated rings. The molecule has 2 aromatic heterocycles. The van der Waals surface area contributed by atoms with Gasteiger partial charge in [0, 0.05) is 25.1 Å². The topological polar surface area (TPSA) is 91.1 Å². The first-order chi connectivity index (χ1) is 15.2. The van der Waals surface area contributed by atoms with E-state index in [1.807, 2.05) is 36.4 Å². The zero-order chi connectivity index (χ0) is 21.5. The monoisotopic (exact) mass is 416 g/mol. The number of rotatable bonds is 8. The van der Waals surface area contributed by atoms with Crippen molar-refractivity contribution in [1.82, 2.24) is 25.6 Å². The van der Waals surface area contributed by atoms with Gasteiger partial charge in [-0.15, -0.1) is 0 Å². The minimum atomic E-state index is 0.453. The first kappa shape index (κ1) is 20.7. The fourth-order valence-corrected chi connectivity index (χ4v) is 3.30. The van der Waals surface area contributed by atoms with Crippen LogP contribution in [0.1, 0.15) is 30.4 Å². The third-order valence-electron chi connectivity index (χ3n) is 4.91. The largest absolute Gasteiger partial charge is 0.444 e. The smallest absolute Gasteiger partial charge is 0.226 e. The second-order valence-electron chi connectivity index (χ2n) is 7.44. The van der Waals surface area contributed by atoms with E-state index < -0.39 is 0 Å². The van der Waals surface area contributed by atoms with Crippen molar-refractivity contribution in [2.45, 2.75) is 33.2 Å². The molecule has 0 aliphatic heterocycles. The van der Waals surface area contributed by atoms with Crippen LogP contribution in [0.25, 0.3) is 22.5 Å². The molecule has 2 heterocycles. The lowest BCUT2D eigenvalue weighted by molar-refractivity contribution is 0.572. The first-order valence-corrected chi connectivity index (χ1v) is 10.7. The number of aromatic amines is 1. The van der Waals surface area contributed by atoms with Gasteiger partial charge < -0.3 is 20.0 Å². The van der Waals surface area contributed by atoms with E-state index in [2.05, 4.69) is 56.6 Å². The Morgan fingerprint density at radius 1 is 1.06 bits per heavy atom. The van der Waals surface area contributed by atoms with Crippen molar-refractivity contribution in [2.75, 3.05) is 13.1 Å². The Hall–Kier alpha value is -3.61. The van der Waals surface area contributed by atoms with Gasteiger partial charge in [0.1, 0.15) is 17.8 Å². The fourth-order valence-electron chi connectivity index (χ4n) is 3.30. The summed E-state index contributed by atoms with van der Waals surface area (Å²) >= 11 is 0. The molecule has 7 heteroatoms. The fraction of sp³-hybridized carbons (Fsp3) is 0.292. The maximum Gasteiger partial charge on any atom is 0.226 e. The van der Waals surface area contributed by atoms with Crippen LogP contribution in [0.5, 0.6) is 0 Å². The summed E-state index contributed by atoms with van der Waals surface area (Å²) in [5.74, 6) is 2.40. The molecule has 2 aromatic carbocycles. The number of hydrogen-bond donors (Lipinski definition) is 3. The van der Waals surface area contributed by atoms with Crippen LogP contribution in [0.4, 0.5) is 0 Å². The average molecular weight is 417 g/mol. The van der Waals surface area contributed by atoms with E-state index in [0.717, 1.165) is 60.0 Å². The van der Waals surface area contributed by atoms with Crippen LogP contribution < -0.4 is 10.6 Å². The number of aromatic nitrogens is 3. The highest BCUT2D eigenvalue weighted by Crippen LogP contribution is 2.19. The maximum absolute atomic E-state index is 5.62. The molecule has 0 saturated heterocycles. The van der Waals surface area contributed by atoms with Crippen molar-refractivity contribution in [2.24, 2.45) is 4.99 Å². The van der Waals surface area contributed by atoms with Gasteiger partial charge >= 0.3 is 0 Å². The van der Waals surface area contributed by atoms with Gasteiger partial charge in [0.2, 0.25) is 5.89 Å². The highest BCUT2D eigenvalue weighted by molar-refractivity contribution is 5.79. The summed E-state index contributed by atoms with van der Waals surface area (Å²) in [6, 6.07) is 16.2. The second kappa shape index (κ2) is 9.93. The molecule has 31 heavy (non-hydrogen) atoms. The summed E-state index contributed by atoms with van der Waals surface area (Å²) in [6.45, 7) is 6.16. The van der Waals surface area contributed by atoms with Gasteiger partial charge in [-0.2, -0.15) is 0 Å². The van der Waals surface area contributed by atoms with E-state index in [0.29, 0.717) is 12.4 Å². The molecule has 0 unspecified atom stereocenters. The lowest BCUT2D eigenvalue weighted by atomic mass is 10.1. The van der Waals surface area contributed by atoms with E-state index >= 15 is 0 Å². The minimum Gasteiger partial charge on any atom is -0.444 e. The predicted molar refractivity (Wildman–Crippen MR) is 124 cm³/mol. The number of imidazole rings is 1. The number of fused-ring (bicyclic) bond motifs is 1. The van der Waals surface area contributed by atoms with Crippen LogP contribution >= 0.6 is 0 Å². The third-order valence-corrected chi connectivity index (χ3v) is 4.91. The standard InChI is InChI=1S/C24H28N6O/c1-3-25-24(26-14-6-9-22-29-20-7-4-5-8-21(20)30-22)27-15-19-16-31-23(28-19)18-12-10-17(2)11-13-18/h4-5,7-8,10-13,16H,3,6,9,14-15H2,1-2H3,(H,29,30)(H2,25,26,27). The first-order valence-electron chi connectivity index (χ1n) is 10.7. The summed E-state index contributed by atoms with van der Waals surface area (Å²) in [5, 5.41) is 6.65. The van der Waals surface area contributed by atoms with E-state index in [1.54, 1.807) is 6.26 Å². The van der Waals surface area contributed by atoms with Crippen LogP contribution in [0, 0.1) is 6.92 Å². The SMILES string of the molecule is CCNC(=NCc1coc(-c2ccc(C)cc2)n1)NCCCc1nc2ccccc2[nH]1. The van der Waals surface area contributed by atoms with Gasteiger partial charge in [0.15, 0.2) is 5.96 Å². The zero-order valence-corrected chi connectivity index (χ0v) is 18.0. The Kier molecular flexibility index (Phi) is 6.62. The summed E-state index contributed by atoms with van der Waals surface area (Å²) < 4.78 is 5.62. The summed E-state index contributed by atoms with van der Waals surface area (Å²) in [7, 11) is 0. The molecule has 4 aromatic rings. The number of benzene rings is 2. The number of nitrogens with zero attached hydrogens (tertiary/aromatic N) is 3. The van der Waals surface area contributed by atoms with Gasteiger partial charge in [-0.05, 0) is 44.5 Å². The maximum atomic E-state index is 5.62. The Labute approximate surface area is 182 Å². The Bertz CT molecular complexity index is 1110. The Morgan fingerprint density at radius 3 is 2.71 bits per heavy atom. The molecule has 3 N–H and O–H groups in total. The molecule has 0 aliphatic rings. The number of hydrogen-bond acceptors (Lipinski definition) is 4. The molecule has 0 amide bonds. The van der Waals surface area contributed by atoms with E-state index in [1.165, 1.54) is 5.56 Å². The highest BCUT2D eigenvalue weighted by atomic mass is 16.3. The second-order valence-corrected chi connectivity index (χ2v) is 7.44. The van der Waals surface area contributed by atoms with E-state index in [9.17, 15) is 0 Å². The minimum absolute atomic E-state index is 0.453. The lowest BCUT2D eigenvalue weighted by Gasteiger charge is -2.10. The van der Waals surface area contributed by atoms with Crippen LogP contribution in [-0.4, -0.2) is 34.0 Å². The zero-order valence-electron chi connectivity index (χ0n) is 18.0. The highest BCUT2D eigenvalue weighted by Gasteiger charge is 2.07. The molecular formula is C24H28N6O. The van der Waals surface area contributed by atoms with Gasteiger partial charge in [0.05, 0.1) is 17.6 Å². The van der Waals surface area contributed by atoms with Crippen molar-refractivity contribution < 1.29 is 4.42 Å². The lowest BCUT2D eigenvalue weighted by Crippen LogP contribution is -2.37. The molecule has 0 bridgehead atoms. The van der Waals surface area contributed by atoms with Crippen molar-refractivity contribution in [3.63, 3.8) is 0 Å². The van der Waals surface area contributed by atoms with E-state index in [4.69, 9.17) is 4.42 Å². The number of H-pyrrole nitrogens is 1. The molecule has 4 rings (SSSR count). The molecule has 0 radical (unpaired) electrons. The van der Waals surface area contributed by atoms with Gasteiger partial charge in [-0.1, -0.05) is 29.8 Å². The Balaban J connectivity index is 1.29. The summed E-state index contributed by atoms with van der Waals surface area (Å²) in [5.41, 5.74) is 5.07. The number of aryl methyl sites for hydroxylation is 2. The average Bonchev–Trinajstić information content (AvgIpc) is 3.42.